The third-order valence-corrected chi connectivity index (χ3v) is 5.60. The van der Waals surface area contributed by atoms with Crippen molar-refractivity contribution in [3.05, 3.63) is 0 Å². The highest BCUT2D eigenvalue weighted by Crippen LogP contribution is 2.60. The molecule has 4 heterocycles. The Morgan fingerprint density at radius 2 is 1.96 bits per heavy atom. The summed E-state index contributed by atoms with van der Waals surface area (Å²) >= 11 is 0. The zero-order chi connectivity index (χ0) is 17.5. The third-order valence-electron chi connectivity index (χ3n) is 5.60. The summed E-state index contributed by atoms with van der Waals surface area (Å²) in [6.45, 7) is 0.958. The molecule has 0 radical (unpaired) electrons. The lowest BCUT2D eigenvalue weighted by Gasteiger charge is -2.72. The number of aliphatic hydroxyl groups excluding tert-OH is 3. The van der Waals surface area contributed by atoms with Gasteiger partial charge in [-0.15, -0.1) is 0 Å². The first-order valence-electron chi connectivity index (χ1n) is 7.76. The molecule has 1 spiro atoms. The fraction of sp³-hybridized carbons (Fsp3) is 0.923. The maximum Gasteiger partial charge on any atom is 0.316 e. The number of nitrogens with two attached hydrogens (primary N) is 1. The van der Waals surface area contributed by atoms with Crippen LogP contribution in [-0.2, 0) is 14.2 Å². The number of aliphatic imine (C=N–C) groups is 1. The van der Waals surface area contributed by atoms with Crippen molar-refractivity contribution in [2.24, 2.45) is 16.6 Å². The Bertz CT molecular complexity index is 592. The van der Waals surface area contributed by atoms with Crippen LogP contribution in [0.2, 0.25) is 0 Å². The highest BCUT2D eigenvalue weighted by molar-refractivity contribution is 5.80. The van der Waals surface area contributed by atoms with Gasteiger partial charge in [-0.1, -0.05) is 0 Å². The van der Waals surface area contributed by atoms with E-state index >= 15 is 0 Å². The lowest BCUT2D eigenvalue weighted by molar-refractivity contribution is -0.560. The summed E-state index contributed by atoms with van der Waals surface area (Å²) in [6.07, 6.45) is -6.09. The summed E-state index contributed by atoms with van der Waals surface area (Å²) in [5, 5.41) is 55.5. The number of ether oxygens (including phenoxy) is 3. The van der Waals surface area contributed by atoms with E-state index in [2.05, 4.69) is 10.3 Å². The van der Waals surface area contributed by atoms with Gasteiger partial charge in [-0.2, -0.15) is 0 Å². The van der Waals surface area contributed by atoms with Gasteiger partial charge in [0, 0.05) is 6.61 Å². The van der Waals surface area contributed by atoms with Crippen molar-refractivity contribution in [3.8, 4) is 0 Å². The molecule has 5 rings (SSSR count). The highest BCUT2D eigenvalue weighted by Gasteiger charge is 2.85. The molecule has 11 nitrogen and oxygen atoms in total. The fourth-order valence-electron chi connectivity index (χ4n) is 4.60. The summed E-state index contributed by atoms with van der Waals surface area (Å²) in [4.78, 5) is 4.11. The van der Waals surface area contributed by atoms with E-state index < -0.39 is 60.3 Å². The van der Waals surface area contributed by atoms with Crippen LogP contribution in [0.15, 0.2) is 4.99 Å². The second kappa shape index (κ2) is 4.77. The number of hydrogen-bond acceptors (Lipinski definition) is 11. The van der Waals surface area contributed by atoms with Crippen LogP contribution in [0.25, 0.3) is 0 Å². The van der Waals surface area contributed by atoms with E-state index in [1.807, 2.05) is 0 Å². The van der Waals surface area contributed by atoms with Crippen LogP contribution >= 0.6 is 0 Å². The molecular weight excluding hydrogens is 326 g/mol. The van der Waals surface area contributed by atoms with Gasteiger partial charge in [0.25, 0.3) is 0 Å². The first-order chi connectivity index (χ1) is 11.3. The standard InChI is InChI=1S/C13H21N3O8/c1-2-22-9-4-6-5(18)7-8(19)12(4,16-10(14)15-9)11(20,3-17)13(21,23-6)24-7/h4-9,17-21H,2-3H2,1H3,(H3,14,15,16). The Labute approximate surface area is 136 Å². The molecule has 0 aromatic carbocycles. The molecule has 8 N–H and O–H groups in total. The summed E-state index contributed by atoms with van der Waals surface area (Å²) in [5.41, 5.74) is 1.53. The Morgan fingerprint density at radius 3 is 2.58 bits per heavy atom. The van der Waals surface area contributed by atoms with Crippen molar-refractivity contribution in [2.75, 3.05) is 13.2 Å². The predicted molar refractivity (Wildman–Crippen MR) is 75.1 cm³/mol. The molecule has 9 atom stereocenters. The number of aliphatic hydroxyl groups is 5. The molecule has 136 valence electrons. The highest BCUT2D eigenvalue weighted by atomic mass is 16.9. The minimum atomic E-state index is -2.63. The van der Waals surface area contributed by atoms with Crippen LogP contribution in [0.4, 0.5) is 0 Å². The SMILES string of the molecule is CCOC1N=C(N)NC23C(O)C4OC(O)(OC(C4O)C12)C3(O)CO. The van der Waals surface area contributed by atoms with Gasteiger partial charge in [-0.3, -0.25) is 0 Å². The van der Waals surface area contributed by atoms with Crippen molar-refractivity contribution >= 4 is 5.96 Å². The topological polar surface area (TPSA) is 179 Å². The summed E-state index contributed by atoms with van der Waals surface area (Å²) in [7, 11) is 0. The van der Waals surface area contributed by atoms with Gasteiger partial charge >= 0.3 is 5.97 Å². The van der Waals surface area contributed by atoms with Crippen LogP contribution in [0.1, 0.15) is 6.92 Å². The zero-order valence-corrected chi connectivity index (χ0v) is 12.9. The second-order valence-corrected chi connectivity index (χ2v) is 6.58. The maximum absolute atomic E-state index is 11.1. The Balaban J connectivity index is 1.94. The van der Waals surface area contributed by atoms with Gasteiger partial charge in [0.05, 0.1) is 12.5 Å². The minimum Gasteiger partial charge on any atom is -0.393 e. The van der Waals surface area contributed by atoms with Crippen LogP contribution in [0.5, 0.6) is 0 Å². The average Bonchev–Trinajstić information content (AvgIpc) is 2.53. The first-order valence-corrected chi connectivity index (χ1v) is 7.76. The molecule has 3 saturated heterocycles. The lowest BCUT2D eigenvalue weighted by atomic mass is 9.53. The summed E-state index contributed by atoms with van der Waals surface area (Å²) in [6, 6.07) is 0. The molecule has 24 heavy (non-hydrogen) atoms. The monoisotopic (exact) mass is 347 g/mol. The summed E-state index contributed by atoms with van der Waals surface area (Å²) in [5.74, 6) is -3.71. The Hall–Kier alpha value is -1.05. The van der Waals surface area contributed by atoms with Gasteiger partial charge in [-0.25, -0.2) is 4.99 Å². The molecular formula is C13H21N3O8. The van der Waals surface area contributed by atoms with Crippen molar-refractivity contribution in [1.29, 1.82) is 0 Å². The van der Waals surface area contributed by atoms with E-state index in [0.717, 1.165) is 0 Å². The number of hydrogen-bond donors (Lipinski definition) is 7. The Morgan fingerprint density at radius 1 is 1.29 bits per heavy atom. The molecule has 9 unspecified atom stereocenters. The van der Waals surface area contributed by atoms with Crippen molar-refractivity contribution in [2.45, 2.75) is 54.7 Å². The second-order valence-electron chi connectivity index (χ2n) is 6.58. The number of nitrogens with one attached hydrogen (secondary N) is 1. The largest absolute Gasteiger partial charge is 0.393 e. The van der Waals surface area contributed by atoms with E-state index in [0.29, 0.717) is 0 Å². The molecule has 4 fully saturated rings. The fourth-order valence-corrected chi connectivity index (χ4v) is 4.60. The molecule has 0 aromatic rings. The van der Waals surface area contributed by atoms with E-state index in [9.17, 15) is 25.5 Å². The molecule has 11 heteroatoms. The van der Waals surface area contributed by atoms with E-state index in [-0.39, 0.29) is 12.6 Å². The van der Waals surface area contributed by atoms with E-state index in [1.54, 1.807) is 6.92 Å². The van der Waals surface area contributed by atoms with Gasteiger partial charge in [0.1, 0.15) is 30.0 Å². The van der Waals surface area contributed by atoms with E-state index in [4.69, 9.17) is 19.9 Å². The molecule has 4 aliphatic heterocycles. The molecule has 5 aliphatic rings. The van der Waals surface area contributed by atoms with Gasteiger partial charge in [-0.05, 0) is 6.92 Å². The van der Waals surface area contributed by atoms with Gasteiger partial charge in [0.2, 0.25) is 0 Å². The maximum atomic E-state index is 11.1. The number of guanidine groups is 1. The normalized spacial score (nSPS) is 58.2. The molecule has 1 aliphatic carbocycles. The minimum absolute atomic E-state index is 0.143. The average molecular weight is 347 g/mol. The van der Waals surface area contributed by atoms with Crippen LogP contribution in [0, 0.1) is 5.92 Å². The van der Waals surface area contributed by atoms with Crippen molar-refractivity contribution < 1.29 is 39.7 Å². The molecule has 0 aromatic heterocycles. The van der Waals surface area contributed by atoms with Crippen LogP contribution < -0.4 is 11.1 Å². The Kier molecular flexibility index (Phi) is 3.26. The smallest absolute Gasteiger partial charge is 0.316 e. The molecule has 4 bridgehead atoms. The zero-order valence-electron chi connectivity index (χ0n) is 12.9. The van der Waals surface area contributed by atoms with Crippen molar-refractivity contribution in [1.82, 2.24) is 5.32 Å². The third kappa shape index (κ3) is 1.52. The molecule has 1 saturated carbocycles. The van der Waals surface area contributed by atoms with Crippen LogP contribution in [-0.4, -0.2) is 92.5 Å². The van der Waals surface area contributed by atoms with Crippen LogP contribution in [0.3, 0.4) is 0 Å². The van der Waals surface area contributed by atoms with Gasteiger partial charge in [0.15, 0.2) is 17.8 Å². The van der Waals surface area contributed by atoms with E-state index in [1.165, 1.54) is 0 Å². The number of rotatable bonds is 3. The molecule has 0 amide bonds. The van der Waals surface area contributed by atoms with Gasteiger partial charge < -0.3 is 50.8 Å². The quantitative estimate of drug-likeness (QED) is 0.263. The predicted octanol–water partition coefficient (Wildman–Crippen LogP) is -4.48. The lowest BCUT2D eigenvalue weighted by Crippen LogP contribution is -2.97. The van der Waals surface area contributed by atoms with Crippen molar-refractivity contribution in [3.63, 3.8) is 0 Å². The summed E-state index contributed by atoms with van der Waals surface area (Å²) < 4.78 is 16.1. The number of nitrogens with zero attached hydrogens (tertiary/aromatic N) is 1. The first kappa shape index (κ1) is 16.4.